The van der Waals surface area contributed by atoms with Crippen molar-refractivity contribution in [3.8, 4) is 0 Å². The average Bonchev–Trinajstić information content (AvgIpc) is 1.77. The average molecular weight is 165 g/mol. The van der Waals surface area contributed by atoms with Gasteiger partial charge < -0.3 is 0 Å². The van der Waals surface area contributed by atoms with Crippen LogP contribution in [-0.4, -0.2) is 16.9 Å². The molecule has 0 spiro atoms. The first-order valence-electron chi connectivity index (χ1n) is 3.43. The van der Waals surface area contributed by atoms with Crippen LogP contribution in [0.15, 0.2) is 0 Å². The van der Waals surface area contributed by atoms with E-state index in [1.165, 1.54) is 12.1 Å². The lowest BCUT2D eigenvalue weighted by atomic mass is 10.9. The summed E-state index contributed by atoms with van der Waals surface area (Å²) in [6.07, 6.45) is 0. The number of hydrogen-bond acceptors (Lipinski definition) is 0. The van der Waals surface area contributed by atoms with Crippen molar-refractivity contribution in [2.45, 2.75) is 30.7 Å². The second kappa shape index (κ2) is 3.04. The van der Waals surface area contributed by atoms with Gasteiger partial charge in [0.2, 0.25) is 0 Å². The monoisotopic (exact) mass is 164 g/mol. The third-order valence-corrected chi connectivity index (χ3v) is 9.15. The van der Waals surface area contributed by atoms with Crippen LogP contribution in [0.3, 0.4) is 0 Å². The Morgan fingerprint density at radius 1 is 1.12 bits per heavy atom. The van der Waals surface area contributed by atoms with Gasteiger partial charge in [-0.15, -0.1) is 0 Å². The maximum absolute atomic E-state index is 6.04. The molecule has 1 aliphatic rings. The maximum Gasteiger partial charge on any atom is 0.140 e. The fourth-order valence-corrected chi connectivity index (χ4v) is 11.5. The van der Waals surface area contributed by atoms with Crippen LogP contribution in [0.1, 0.15) is 0 Å². The predicted octanol–water partition coefficient (Wildman–Crippen LogP) is 1.82. The molecule has 1 aliphatic heterocycles. The van der Waals surface area contributed by atoms with Crippen molar-refractivity contribution < 1.29 is 0 Å². The molecule has 0 atom stereocenters. The number of rotatable bonds is 0. The summed E-state index contributed by atoms with van der Waals surface area (Å²) in [7, 11) is -0.809. The van der Waals surface area contributed by atoms with Gasteiger partial charge in [0.05, 0.1) is 0 Å². The highest BCUT2D eigenvalue weighted by Gasteiger charge is 2.17. The van der Waals surface area contributed by atoms with Gasteiger partial charge in [-0.25, -0.2) is 0 Å². The van der Waals surface area contributed by atoms with E-state index < -0.39 is 8.11 Å². The van der Waals surface area contributed by atoms with E-state index in [2.05, 4.69) is 6.55 Å². The van der Waals surface area contributed by atoms with Crippen LogP contribution < -0.4 is 0 Å². The van der Waals surface area contributed by atoms with Gasteiger partial charge in [0.1, 0.15) is 8.11 Å². The second-order valence-electron chi connectivity index (χ2n) is 2.86. The van der Waals surface area contributed by atoms with Crippen LogP contribution in [0.2, 0.25) is 30.7 Å². The summed E-state index contributed by atoms with van der Waals surface area (Å²) in [5.41, 5.74) is 0. The Labute approximate surface area is 59.2 Å². The molecule has 0 N–H and O–H groups in total. The highest BCUT2D eigenvalue weighted by molar-refractivity contribution is 7.08. The normalized spacial score (nSPS) is 39.8. The summed E-state index contributed by atoms with van der Waals surface area (Å²) in [6, 6.07) is 5.96. The van der Waals surface area contributed by atoms with E-state index in [9.17, 15) is 0 Å². The fourth-order valence-electron chi connectivity index (χ4n) is 1.22. The molecule has 0 saturated carbocycles. The summed E-state index contributed by atoms with van der Waals surface area (Å²) in [5, 5.41) is 0. The predicted molar refractivity (Wildman–Crippen MR) is 45.2 cm³/mol. The third-order valence-electron chi connectivity index (χ3n) is 1.95. The third kappa shape index (κ3) is 1.92. The summed E-state index contributed by atoms with van der Waals surface area (Å²) in [4.78, 5) is 0. The molecule has 3 heteroatoms. The standard InChI is InChI=1S/C5H13ClSi2/c1-7-2-4-8(6)5-3-7/h7-8H,2-5H2,1H3. The van der Waals surface area contributed by atoms with Crippen molar-refractivity contribution in [2.24, 2.45) is 0 Å². The molecule has 1 heterocycles. The molecule has 0 aromatic rings. The Hall–Kier alpha value is 0.724. The Balaban J connectivity index is 2.19. The van der Waals surface area contributed by atoms with E-state index in [1.807, 2.05) is 0 Å². The largest absolute Gasteiger partial charge is 0.172 e. The summed E-state index contributed by atoms with van der Waals surface area (Å²) < 4.78 is 0. The molecule has 0 aromatic heterocycles. The van der Waals surface area contributed by atoms with Crippen LogP contribution in [0, 0.1) is 0 Å². The van der Waals surface area contributed by atoms with E-state index in [0.717, 1.165) is 0 Å². The van der Waals surface area contributed by atoms with Gasteiger partial charge in [-0.3, -0.25) is 0 Å². The fraction of sp³-hybridized carbons (Fsp3) is 1.00. The molecular weight excluding hydrogens is 152 g/mol. The second-order valence-corrected chi connectivity index (χ2v) is 10.4. The van der Waals surface area contributed by atoms with Gasteiger partial charge in [0.15, 0.2) is 0 Å². The zero-order valence-electron chi connectivity index (χ0n) is 5.36. The molecular formula is C5H13ClSi2. The van der Waals surface area contributed by atoms with Crippen molar-refractivity contribution >= 4 is 28.0 Å². The van der Waals surface area contributed by atoms with Gasteiger partial charge in [-0.1, -0.05) is 18.6 Å². The molecule has 48 valence electrons. The van der Waals surface area contributed by atoms with E-state index in [0.29, 0.717) is 0 Å². The number of halogens is 1. The first-order valence-corrected chi connectivity index (χ1v) is 9.59. The number of hydrogen-bond donors (Lipinski definition) is 0. The molecule has 0 nitrogen and oxygen atoms in total. The van der Waals surface area contributed by atoms with Crippen LogP contribution in [-0.2, 0) is 0 Å². The molecule has 0 bridgehead atoms. The van der Waals surface area contributed by atoms with E-state index in [1.54, 1.807) is 12.1 Å². The maximum atomic E-state index is 6.04. The van der Waals surface area contributed by atoms with Gasteiger partial charge >= 0.3 is 0 Å². The van der Waals surface area contributed by atoms with Crippen LogP contribution in [0.5, 0.6) is 0 Å². The van der Waals surface area contributed by atoms with Gasteiger partial charge in [0.25, 0.3) is 0 Å². The minimum absolute atomic E-state index is 0.183. The highest BCUT2D eigenvalue weighted by atomic mass is 35.6. The SMILES string of the molecule is C[SiH]1CC[SiH](Cl)CC1. The van der Waals surface area contributed by atoms with Crippen molar-refractivity contribution in [2.75, 3.05) is 0 Å². The smallest absolute Gasteiger partial charge is 0.140 e. The molecule has 0 amide bonds. The van der Waals surface area contributed by atoms with Gasteiger partial charge in [-0.2, -0.15) is 11.1 Å². The molecule has 1 fully saturated rings. The highest BCUT2D eigenvalue weighted by Crippen LogP contribution is 2.22. The van der Waals surface area contributed by atoms with Crippen molar-refractivity contribution in [1.29, 1.82) is 0 Å². The van der Waals surface area contributed by atoms with Crippen LogP contribution >= 0.6 is 11.1 Å². The van der Waals surface area contributed by atoms with Crippen molar-refractivity contribution in [3.05, 3.63) is 0 Å². The quantitative estimate of drug-likeness (QED) is 0.379. The lowest BCUT2D eigenvalue weighted by molar-refractivity contribution is 1.20. The molecule has 0 aromatic carbocycles. The van der Waals surface area contributed by atoms with Crippen LogP contribution in [0.25, 0.3) is 0 Å². The molecule has 0 unspecified atom stereocenters. The van der Waals surface area contributed by atoms with E-state index in [4.69, 9.17) is 11.1 Å². The minimum Gasteiger partial charge on any atom is -0.172 e. The Kier molecular flexibility index (Phi) is 2.60. The molecule has 0 radical (unpaired) electrons. The minimum atomic E-state index is -0.626. The summed E-state index contributed by atoms with van der Waals surface area (Å²) >= 11 is 6.04. The Bertz CT molecular complexity index is 58.8. The molecule has 1 saturated heterocycles. The van der Waals surface area contributed by atoms with Gasteiger partial charge in [-0.05, 0) is 12.1 Å². The van der Waals surface area contributed by atoms with Crippen molar-refractivity contribution in [1.82, 2.24) is 0 Å². The molecule has 0 aliphatic carbocycles. The zero-order chi connectivity index (χ0) is 5.98. The van der Waals surface area contributed by atoms with Gasteiger partial charge in [0, 0.05) is 8.80 Å². The first kappa shape index (κ1) is 6.84. The lowest BCUT2D eigenvalue weighted by Crippen LogP contribution is -2.19. The molecule has 1 rings (SSSR count). The topological polar surface area (TPSA) is 0 Å². The summed E-state index contributed by atoms with van der Waals surface area (Å²) in [5.74, 6) is 0. The Morgan fingerprint density at radius 2 is 1.62 bits per heavy atom. The van der Waals surface area contributed by atoms with Crippen molar-refractivity contribution in [3.63, 3.8) is 0 Å². The lowest BCUT2D eigenvalue weighted by Gasteiger charge is -2.18. The van der Waals surface area contributed by atoms with E-state index >= 15 is 0 Å². The zero-order valence-corrected chi connectivity index (χ0v) is 8.43. The molecule has 8 heavy (non-hydrogen) atoms. The first-order chi connectivity index (χ1) is 3.79. The van der Waals surface area contributed by atoms with E-state index in [-0.39, 0.29) is 8.80 Å². The van der Waals surface area contributed by atoms with Crippen LogP contribution in [0.4, 0.5) is 0 Å². The Morgan fingerprint density at radius 3 is 2.00 bits per heavy atom. The summed E-state index contributed by atoms with van der Waals surface area (Å²) in [6.45, 7) is 2.47.